The minimum absolute atomic E-state index is 0.542. The van der Waals surface area contributed by atoms with Crippen molar-refractivity contribution in [1.82, 2.24) is 25.4 Å². The fourth-order valence-corrected chi connectivity index (χ4v) is 2.94. The second kappa shape index (κ2) is 5.61. The van der Waals surface area contributed by atoms with Crippen LogP contribution in [0.2, 0.25) is 10.0 Å². The Morgan fingerprint density at radius 1 is 0.870 bits per heavy atom. The van der Waals surface area contributed by atoms with Crippen LogP contribution in [0.15, 0.2) is 48.9 Å². The lowest BCUT2D eigenvalue weighted by atomic mass is 10.0. The lowest BCUT2D eigenvalue weighted by Gasteiger charge is -2.10. The predicted molar refractivity (Wildman–Crippen MR) is 90.4 cm³/mol. The third-order valence-electron chi connectivity index (χ3n) is 3.53. The number of halogens is 2. The van der Waals surface area contributed by atoms with Gasteiger partial charge < -0.3 is 0 Å². The highest BCUT2D eigenvalue weighted by molar-refractivity contribution is 6.36. The van der Waals surface area contributed by atoms with E-state index in [1.165, 1.54) is 6.33 Å². The number of hydrogen-bond donors (Lipinski definition) is 1. The Balaban J connectivity index is 1.92. The Morgan fingerprint density at radius 3 is 2.61 bits per heavy atom. The van der Waals surface area contributed by atoms with Gasteiger partial charge >= 0.3 is 0 Å². The van der Waals surface area contributed by atoms with E-state index in [0.717, 1.165) is 33.4 Å². The van der Waals surface area contributed by atoms with Crippen LogP contribution in [-0.2, 0) is 0 Å². The highest BCUT2D eigenvalue weighted by Crippen LogP contribution is 2.35. The molecule has 0 saturated heterocycles. The standard InChI is InChI=1S/C16H9Cl2N5/c17-10-2-3-11(13(18)6-10)16-12(7-19-8-20-16)9-1-4-14-15(5-9)22-23-21-14/h1-8H,(H,21,22,23). The lowest BCUT2D eigenvalue weighted by Crippen LogP contribution is -1.92. The molecule has 2 aromatic heterocycles. The van der Waals surface area contributed by atoms with Crippen LogP contribution in [0.5, 0.6) is 0 Å². The van der Waals surface area contributed by atoms with E-state index in [0.29, 0.717) is 10.0 Å². The van der Waals surface area contributed by atoms with Gasteiger partial charge in [-0.1, -0.05) is 29.3 Å². The van der Waals surface area contributed by atoms with Gasteiger partial charge in [0.25, 0.3) is 0 Å². The van der Waals surface area contributed by atoms with Crippen molar-refractivity contribution < 1.29 is 0 Å². The summed E-state index contributed by atoms with van der Waals surface area (Å²) in [7, 11) is 0. The van der Waals surface area contributed by atoms with E-state index < -0.39 is 0 Å². The average molecular weight is 342 g/mol. The molecular weight excluding hydrogens is 333 g/mol. The van der Waals surface area contributed by atoms with Gasteiger partial charge in [0, 0.05) is 22.3 Å². The number of aromatic nitrogens is 5. The molecule has 0 spiro atoms. The molecule has 0 amide bonds. The van der Waals surface area contributed by atoms with Crippen molar-refractivity contribution in [2.45, 2.75) is 0 Å². The first-order valence-corrected chi connectivity index (χ1v) is 7.54. The van der Waals surface area contributed by atoms with Crippen LogP contribution in [-0.4, -0.2) is 25.4 Å². The van der Waals surface area contributed by atoms with Gasteiger partial charge in [-0.2, -0.15) is 15.4 Å². The van der Waals surface area contributed by atoms with Crippen molar-refractivity contribution in [2.75, 3.05) is 0 Å². The summed E-state index contributed by atoms with van der Waals surface area (Å²) in [6.07, 6.45) is 3.26. The van der Waals surface area contributed by atoms with E-state index in [-0.39, 0.29) is 0 Å². The van der Waals surface area contributed by atoms with Gasteiger partial charge in [-0.05, 0) is 35.9 Å². The van der Waals surface area contributed by atoms with Crippen molar-refractivity contribution in [3.05, 3.63) is 59.0 Å². The first kappa shape index (κ1) is 14.1. The second-order valence-electron chi connectivity index (χ2n) is 4.94. The Bertz CT molecular complexity index is 1010. The number of nitrogens with one attached hydrogen (secondary N) is 1. The number of H-pyrrole nitrogens is 1. The van der Waals surface area contributed by atoms with Crippen LogP contribution in [0, 0.1) is 0 Å². The topological polar surface area (TPSA) is 67.3 Å². The first-order valence-electron chi connectivity index (χ1n) is 6.79. The fraction of sp³-hybridized carbons (Fsp3) is 0. The van der Waals surface area contributed by atoms with Gasteiger partial charge in [0.15, 0.2) is 0 Å². The molecule has 0 aliphatic carbocycles. The second-order valence-corrected chi connectivity index (χ2v) is 5.78. The third-order valence-corrected chi connectivity index (χ3v) is 4.07. The molecule has 0 aliphatic rings. The van der Waals surface area contributed by atoms with Crippen LogP contribution in [0.25, 0.3) is 33.4 Å². The van der Waals surface area contributed by atoms with Crippen molar-refractivity contribution in [3.63, 3.8) is 0 Å². The van der Waals surface area contributed by atoms with E-state index in [1.54, 1.807) is 18.3 Å². The summed E-state index contributed by atoms with van der Waals surface area (Å²) in [4.78, 5) is 8.54. The fourth-order valence-electron chi connectivity index (χ4n) is 2.44. The molecule has 0 unspecified atom stereocenters. The van der Waals surface area contributed by atoms with Crippen molar-refractivity contribution in [2.24, 2.45) is 0 Å². The number of hydrogen-bond acceptors (Lipinski definition) is 4. The summed E-state index contributed by atoms with van der Waals surface area (Å²) < 4.78 is 0. The summed E-state index contributed by atoms with van der Waals surface area (Å²) in [5.74, 6) is 0. The van der Waals surface area contributed by atoms with E-state index in [1.807, 2.05) is 24.3 Å². The zero-order valence-electron chi connectivity index (χ0n) is 11.7. The van der Waals surface area contributed by atoms with Gasteiger partial charge in [0.1, 0.15) is 17.4 Å². The number of rotatable bonds is 2. The molecule has 0 aliphatic heterocycles. The molecule has 0 bridgehead atoms. The van der Waals surface area contributed by atoms with Crippen LogP contribution in [0.3, 0.4) is 0 Å². The minimum Gasteiger partial charge on any atom is -0.244 e. The van der Waals surface area contributed by atoms with E-state index >= 15 is 0 Å². The Kier molecular flexibility index (Phi) is 3.44. The van der Waals surface area contributed by atoms with Gasteiger partial charge in [-0.3, -0.25) is 0 Å². The van der Waals surface area contributed by atoms with Gasteiger partial charge in [0.2, 0.25) is 0 Å². The maximum absolute atomic E-state index is 6.33. The SMILES string of the molecule is Clc1ccc(-c2ncncc2-c2ccc3n[nH]nc3c2)c(Cl)c1. The molecule has 4 rings (SSSR count). The molecule has 0 saturated carbocycles. The Hall–Kier alpha value is -2.50. The smallest absolute Gasteiger partial charge is 0.116 e. The normalized spacial score (nSPS) is 11.0. The Morgan fingerprint density at radius 2 is 1.74 bits per heavy atom. The molecule has 0 atom stereocenters. The highest BCUT2D eigenvalue weighted by atomic mass is 35.5. The molecular formula is C16H9Cl2N5. The molecule has 1 N–H and O–H groups in total. The molecule has 2 heterocycles. The van der Waals surface area contributed by atoms with Crippen molar-refractivity contribution in [1.29, 1.82) is 0 Å². The van der Waals surface area contributed by atoms with E-state index in [2.05, 4.69) is 25.4 Å². The molecule has 112 valence electrons. The zero-order chi connectivity index (χ0) is 15.8. The highest BCUT2D eigenvalue weighted by Gasteiger charge is 2.13. The summed E-state index contributed by atoms with van der Waals surface area (Å²) in [6, 6.07) is 11.1. The average Bonchev–Trinajstić information content (AvgIpc) is 3.02. The maximum Gasteiger partial charge on any atom is 0.116 e. The van der Waals surface area contributed by atoms with Gasteiger partial charge in [-0.25, -0.2) is 9.97 Å². The number of fused-ring (bicyclic) bond motifs is 1. The van der Waals surface area contributed by atoms with Crippen LogP contribution in [0.4, 0.5) is 0 Å². The van der Waals surface area contributed by atoms with Gasteiger partial charge in [0.05, 0.1) is 10.7 Å². The number of nitrogens with zero attached hydrogens (tertiary/aromatic N) is 4. The molecule has 0 fully saturated rings. The van der Waals surface area contributed by atoms with Crippen LogP contribution < -0.4 is 0 Å². The molecule has 2 aromatic carbocycles. The third kappa shape index (κ3) is 2.54. The monoisotopic (exact) mass is 341 g/mol. The summed E-state index contributed by atoms with van der Waals surface area (Å²) in [5, 5.41) is 11.9. The quantitative estimate of drug-likeness (QED) is 0.587. The van der Waals surface area contributed by atoms with E-state index in [9.17, 15) is 0 Å². The summed E-state index contributed by atoms with van der Waals surface area (Å²) in [5.41, 5.74) is 4.92. The molecule has 4 aromatic rings. The largest absolute Gasteiger partial charge is 0.244 e. The molecule has 7 heteroatoms. The van der Waals surface area contributed by atoms with Gasteiger partial charge in [-0.15, -0.1) is 0 Å². The summed E-state index contributed by atoms with van der Waals surface area (Å²) >= 11 is 12.3. The van der Waals surface area contributed by atoms with Crippen LogP contribution in [0.1, 0.15) is 0 Å². The number of aromatic amines is 1. The van der Waals surface area contributed by atoms with Crippen LogP contribution >= 0.6 is 23.2 Å². The Labute approximate surface area is 141 Å². The van der Waals surface area contributed by atoms with Crippen molar-refractivity contribution in [3.8, 4) is 22.4 Å². The first-order chi connectivity index (χ1) is 11.2. The lowest BCUT2D eigenvalue weighted by molar-refractivity contribution is 0.959. The zero-order valence-corrected chi connectivity index (χ0v) is 13.2. The molecule has 5 nitrogen and oxygen atoms in total. The maximum atomic E-state index is 6.33. The van der Waals surface area contributed by atoms with Crippen molar-refractivity contribution >= 4 is 34.2 Å². The minimum atomic E-state index is 0.542. The molecule has 0 radical (unpaired) electrons. The molecule has 23 heavy (non-hydrogen) atoms. The predicted octanol–water partition coefficient (Wildman–Crippen LogP) is 4.39. The number of benzene rings is 2. The van der Waals surface area contributed by atoms with E-state index in [4.69, 9.17) is 23.2 Å². The summed E-state index contributed by atoms with van der Waals surface area (Å²) in [6.45, 7) is 0.